The molecule has 0 aromatic heterocycles. The summed E-state index contributed by atoms with van der Waals surface area (Å²) in [6.45, 7) is 4.84. The van der Waals surface area contributed by atoms with Gasteiger partial charge in [0.2, 0.25) is 0 Å². The second-order valence-electron chi connectivity index (χ2n) is 5.43. The summed E-state index contributed by atoms with van der Waals surface area (Å²) < 4.78 is 13.7. The normalized spacial score (nSPS) is 24.1. The molecule has 3 nitrogen and oxygen atoms in total. The van der Waals surface area contributed by atoms with Crippen molar-refractivity contribution in [3.8, 4) is 6.07 Å². The lowest BCUT2D eigenvalue weighted by Gasteiger charge is -2.35. The SMILES string of the molecule is CC1CN(C)CCC1NCc1cc(C#N)ccc1F. The monoisotopic (exact) mass is 261 g/mol. The number of benzene rings is 1. The Morgan fingerprint density at radius 2 is 2.32 bits per heavy atom. The van der Waals surface area contributed by atoms with E-state index in [0.717, 1.165) is 19.5 Å². The number of nitrogens with one attached hydrogen (secondary N) is 1. The van der Waals surface area contributed by atoms with Crippen molar-refractivity contribution in [2.75, 3.05) is 20.1 Å². The molecule has 19 heavy (non-hydrogen) atoms. The van der Waals surface area contributed by atoms with Crippen LogP contribution >= 0.6 is 0 Å². The zero-order chi connectivity index (χ0) is 13.8. The van der Waals surface area contributed by atoms with E-state index in [9.17, 15) is 4.39 Å². The summed E-state index contributed by atoms with van der Waals surface area (Å²) in [6, 6.07) is 6.97. The van der Waals surface area contributed by atoms with Crippen molar-refractivity contribution < 1.29 is 4.39 Å². The van der Waals surface area contributed by atoms with Crippen LogP contribution in [-0.2, 0) is 6.54 Å². The van der Waals surface area contributed by atoms with E-state index in [4.69, 9.17) is 5.26 Å². The predicted octanol–water partition coefficient (Wildman–Crippen LogP) is 2.13. The maximum atomic E-state index is 13.7. The Morgan fingerprint density at radius 1 is 1.53 bits per heavy atom. The third kappa shape index (κ3) is 3.52. The van der Waals surface area contributed by atoms with Gasteiger partial charge in [0.15, 0.2) is 0 Å². The molecule has 1 aromatic carbocycles. The van der Waals surface area contributed by atoms with Crippen molar-refractivity contribution in [3.63, 3.8) is 0 Å². The van der Waals surface area contributed by atoms with Gasteiger partial charge in [0.05, 0.1) is 11.6 Å². The first kappa shape index (κ1) is 14.0. The lowest BCUT2D eigenvalue weighted by Crippen LogP contribution is -2.46. The molecule has 1 fully saturated rings. The molecule has 1 N–H and O–H groups in total. The maximum Gasteiger partial charge on any atom is 0.127 e. The molecule has 0 bridgehead atoms. The highest BCUT2D eigenvalue weighted by atomic mass is 19.1. The quantitative estimate of drug-likeness (QED) is 0.906. The van der Waals surface area contributed by atoms with E-state index in [-0.39, 0.29) is 5.82 Å². The number of piperidine rings is 1. The Hall–Kier alpha value is -1.44. The van der Waals surface area contributed by atoms with Crippen molar-refractivity contribution in [2.45, 2.75) is 25.9 Å². The smallest absolute Gasteiger partial charge is 0.127 e. The molecule has 0 amide bonds. The topological polar surface area (TPSA) is 39.1 Å². The van der Waals surface area contributed by atoms with E-state index in [1.54, 1.807) is 6.07 Å². The first-order chi connectivity index (χ1) is 9.10. The van der Waals surface area contributed by atoms with Crippen LogP contribution in [0, 0.1) is 23.1 Å². The third-order valence-electron chi connectivity index (χ3n) is 3.84. The van der Waals surface area contributed by atoms with Gasteiger partial charge in [-0.1, -0.05) is 6.92 Å². The van der Waals surface area contributed by atoms with E-state index in [2.05, 4.69) is 24.2 Å². The lowest BCUT2D eigenvalue weighted by molar-refractivity contribution is 0.174. The molecular formula is C15H20FN3. The largest absolute Gasteiger partial charge is 0.309 e. The fourth-order valence-electron chi connectivity index (χ4n) is 2.68. The Morgan fingerprint density at radius 3 is 3.00 bits per heavy atom. The summed E-state index contributed by atoms with van der Waals surface area (Å²) in [6.07, 6.45) is 1.08. The number of hydrogen-bond donors (Lipinski definition) is 1. The highest BCUT2D eigenvalue weighted by Crippen LogP contribution is 2.17. The predicted molar refractivity (Wildman–Crippen MR) is 73.0 cm³/mol. The van der Waals surface area contributed by atoms with Crippen molar-refractivity contribution in [3.05, 3.63) is 35.1 Å². The Kier molecular flexibility index (Phi) is 4.52. The van der Waals surface area contributed by atoms with Crippen LogP contribution in [0.3, 0.4) is 0 Å². The average molecular weight is 261 g/mol. The number of hydrogen-bond acceptors (Lipinski definition) is 3. The molecule has 2 unspecified atom stereocenters. The third-order valence-corrected chi connectivity index (χ3v) is 3.84. The minimum atomic E-state index is -0.243. The highest BCUT2D eigenvalue weighted by molar-refractivity contribution is 5.33. The summed E-state index contributed by atoms with van der Waals surface area (Å²) in [5, 5.41) is 12.3. The molecule has 4 heteroatoms. The number of rotatable bonds is 3. The molecule has 1 aliphatic heterocycles. The number of nitriles is 1. The van der Waals surface area contributed by atoms with Crippen molar-refractivity contribution in [1.29, 1.82) is 5.26 Å². The van der Waals surface area contributed by atoms with Gasteiger partial charge in [0, 0.05) is 24.7 Å². The first-order valence-corrected chi connectivity index (χ1v) is 6.70. The molecule has 0 radical (unpaired) electrons. The molecule has 2 atom stereocenters. The second-order valence-corrected chi connectivity index (χ2v) is 5.43. The van der Waals surface area contributed by atoms with Crippen LogP contribution in [0.2, 0.25) is 0 Å². The van der Waals surface area contributed by atoms with Crippen LogP contribution in [-0.4, -0.2) is 31.1 Å². The first-order valence-electron chi connectivity index (χ1n) is 6.70. The molecular weight excluding hydrogens is 241 g/mol. The molecule has 1 aliphatic rings. The highest BCUT2D eigenvalue weighted by Gasteiger charge is 2.23. The Bertz CT molecular complexity index is 481. The summed E-state index contributed by atoms with van der Waals surface area (Å²) in [5.74, 6) is 0.313. The summed E-state index contributed by atoms with van der Waals surface area (Å²) >= 11 is 0. The van der Waals surface area contributed by atoms with E-state index < -0.39 is 0 Å². The van der Waals surface area contributed by atoms with Crippen LogP contribution in [0.15, 0.2) is 18.2 Å². The molecule has 0 aliphatic carbocycles. The fraction of sp³-hybridized carbons (Fsp3) is 0.533. The Labute approximate surface area is 114 Å². The van der Waals surface area contributed by atoms with Gasteiger partial charge in [-0.3, -0.25) is 0 Å². The minimum absolute atomic E-state index is 0.243. The van der Waals surface area contributed by atoms with Crippen molar-refractivity contribution >= 4 is 0 Å². The minimum Gasteiger partial charge on any atom is -0.309 e. The van der Waals surface area contributed by atoms with Crippen molar-refractivity contribution in [1.82, 2.24) is 10.2 Å². The molecule has 1 heterocycles. The fourth-order valence-corrected chi connectivity index (χ4v) is 2.68. The van der Waals surface area contributed by atoms with Gasteiger partial charge in [0.25, 0.3) is 0 Å². The zero-order valence-corrected chi connectivity index (χ0v) is 11.5. The van der Waals surface area contributed by atoms with Crippen LogP contribution in [0.5, 0.6) is 0 Å². The Balaban J connectivity index is 1.97. The van der Waals surface area contributed by atoms with Gasteiger partial charge < -0.3 is 10.2 Å². The van der Waals surface area contributed by atoms with Gasteiger partial charge in [-0.15, -0.1) is 0 Å². The van der Waals surface area contributed by atoms with Crippen LogP contribution < -0.4 is 5.32 Å². The van der Waals surface area contributed by atoms with E-state index >= 15 is 0 Å². The number of likely N-dealkylation sites (tertiary alicyclic amines) is 1. The van der Waals surface area contributed by atoms with E-state index in [1.807, 2.05) is 6.07 Å². The molecule has 0 spiro atoms. The van der Waals surface area contributed by atoms with Crippen LogP contribution in [0.1, 0.15) is 24.5 Å². The number of nitrogens with zero attached hydrogens (tertiary/aromatic N) is 2. The van der Waals surface area contributed by atoms with Gasteiger partial charge in [0.1, 0.15) is 5.82 Å². The van der Waals surface area contributed by atoms with Crippen LogP contribution in [0.25, 0.3) is 0 Å². The standard InChI is InChI=1S/C15H20FN3/c1-11-10-19(2)6-5-15(11)18-9-13-7-12(8-17)3-4-14(13)16/h3-4,7,11,15,18H,5-6,9-10H2,1-2H3. The van der Waals surface area contributed by atoms with E-state index in [1.165, 1.54) is 12.1 Å². The maximum absolute atomic E-state index is 13.7. The second kappa shape index (κ2) is 6.14. The molecule has 1 saturated heterocycles. The molecule has 0 saturated carbocycles. The van der Waals surface area contributed by atoms with Gasteiger partial charge in [-0.2, -0.15) is 5.26 Å². The zero-order valence-electron chi connectivity index (χ0n) is 11.5. The molecule has 102 valence electrons. The van der Waals surface area contributed by atoms with Crippen LogP contribution in [0.4, 0.5) is 4.39 Å². The summed E-state index contributed by atoms with van der Waals surface area (Å²) in [7, 11) is 2.13. The lowest BCUT2D eigenvalue weighted by atomic mass is 9.94. The van der Waals surface area contributed by atoms with Gasteiger partial charge in [-0.25, -0.2) is 4.39 Å². The number of halogens is 1. The molecule has 1 aromatic rings. The van der Waals surface area contributed by atoms with Gasteiger partial charge >= 0.3 is 0 Å². The summed E-state index contributed by atoms with van der Waals surface area (Å²) in [4.78, 5) is 2.32. The molecule has 2 rings (SSSR count). The summed E-state index contributed by atoms with van der Waals surface area (Å²) in [5.41, 5.74) is 1.08. The van der Waals surface area contributed by atoms with Crippen molar-refractivity contribution in [2.24, 2.45) is 5.92 Å². The van der Waals surface area contributed by atoms with E-state index in [0.29, 0.717) is 29.6 Å². The van der Waals surface area contributed by atoms with Gasteiger partial charge in [-0.05, 0) is 44.1 Å². The average Bonchev–Trinajstić information content (AvgIpc) is 2.39.